The molecule has 1 aromatic rings. The first-order valence-electron chi connectivity index (χ1n) is 5.63. The average Bonchev–Trinajstić information content (AvgIpc) is 2.29. The minimum atomic E-state index is 0.271. The molecule has 1 rings (SSSR count). The van der Waals surface area contributed by atoms with Gasteiger partial charge in [-0.3, -0.25) is 0 Å². The largest absolute Gasteiger partial charge is 0.508 e. The van der Waals surface area contributed by atoms with Crippen molar-refractivity contribution in [3.8, 4) is 5.75 Å². The SMILES string of the molecule is CC.CC.CCc1cc(C)c(O)cc1Cl. The second-order valence-electron chi connectivity index (χ2n) is 2.58. The van der Waals surface area contributed by atoms with Crippen LogP contribution in [0.3, 0.4) is 0 Å². The minimum Gasteiger partial charge on any atom is -0.508 e. The molecule has 0 aliphatic heterocycles. The highest BCUT2D eigenvalue weighted by Gasteiger charge is 2.02. The Morgan fingerprint density at radius 3 is 2.00 bits per heavy atom. The molecule has 15 heavy (non-hydrogen) atoms. The first kappa shape index (κ1) is 16.7. The lowest BCUT2D eigenvalue weighted by atomic mass is 10.1. The smallest absolute Gasteiger partial charge is 0.119 e. The van der Waals surface area contributed by atoms with E-state index >= 15 is 0 Å². The molecular formula is C13H23ClO. The predicted octanol–water partition coefficient (Wildman–Crippen LogP) is 4.97. The van der Waals surface area contributed by atoms with Gasteiger partial charge in [0.15, 0.2) is 0 Å². The van der Waals surface area contributed by atoms with E-state index in [-0.39, 0.29) is 5.75 Å². The number of benzene rings is 1. The Hall–Kier alpha value is -0.690. The lowest BCUT2D eigenvalue weighted by molar-refractivity contribution is 0.471. The number of hydrogen-bond donors (Lipinski definition) is 1. The van der Waals surface area contributed by atoms with E-state index in [1.165, 1.54) is 0 Å². The van der Waals surface area contributed by atoms with Gasteiger partial charge in [-0.25, -0.2) is 0 Å². The van der Waals surface area contributed by atoms with Crippen LogP contribution in [0.15, 0.2) is 12.1 Å². The van der Waals surface area contributed by atoms with Crippen molar-refractivity contribution in [1.82, 2.24) is 0 Å². The molecule has 0 saturated carbocycles. The minimum absolute atomic E-state index is 0.271. The van der Waals surface area contributed by atoms with Gasteiger partial charge in [0.05, 0.1) is 0 Å². The summed E-state index contributed by atoms with van der Waals surface area (Å²) in [6.07, 6.45) is 0.903. The van der Waals surface area contributed by atoms with Gasteiger partial charge in [-0.2, -0.15) is 0 Å². The van der Waals surface area contributed by atoms with Gasteiger partial charge in [0.1, 0.15) is 5.75 Å². The standard InChI is InChI=1S/C9H11ClO.2C2H6/c1-3-7-4-6(2)9(11)5-8(7)10;2*1-2/h4-5,11H,3H2,1-2H3;2*1-2H3. The van der Waals surface area contributed by atoms with E-state index in [0.29, 0.717) is 5.02 Å². The number of phenolic OH excluding ortho intramolecular Hbond substituents is 1. The molecule has 88 valence electrons. The topological polar surface area (TPSA) is 20.2 Å². The van der Waals surface area contributed by atoms with Crippen molar-refractivity contribution in [2.75, 3.05) is 0 Å². The Balaban J connectivity index is 0. The van der Waals surface area contributed by atoms with Gasteiger partial charge < -0.3 is 5.11 Å². The summed E-state index contributed by atoms with van der Waals surface area (Å²) in [5.74, 6) is 0.271. The van der Waals surface area contributed by atoms with Gasteiger partial charge in [-0.05, 0) is 30.5 Å². The molecule has 1 N–H and O–H groups in total. The van der Waals surface area contributed by atoms with Gasteiger partial charge >= 0.3 is 0 Å². The molecule has 0 aliphatic rings. The molecule has 0 spiro atoms. The Kier molecular flexibility index (Phi) is 11.0. The Labute approximate surface area is 99.1 Å². The second-order valence-corrected chi connectivity index (χ2v) is 2.99. The summed E-state index contributed by atoms with van der Waals surface area (Å²) in [5, 5.41) is 9.88. The van der Waals surface area contributed by atoms with Crippen molar-refractivity contribution < 1.29 is 5.11 Å². The van der Waals surface area contributed by atoms with Gasteiger partial charge in [0, 0.05) is 5.02 Å². The number of aryl methyl sites for hydroxylation is 2. The molecule has 0 saturated heterocycles. The van der Waals surface area contributed by atoms with Crippen LogP contribution in [0.5, 0.6) is 5.75 Å². The van der Waals surface area contributed by atoms with Crippen LogP contribution in [0, 0.1) is 6.92 Å². The zero-order chi connectivity index (χ0) is 12.4. The number of rotatable bonds is 1. The molecule has 0 unspecified atom stereocenters. The average molecular weight is 231 g/mol. The maximum Gasteiger partial charge on any atom is 0.119 e. The molecule has 0 aromatic heterocycles. The summed E-state index contributed by atoms with van der Waals surface area (Å²) in [4.78, 5) is 0. The summed E-state index contributed by atoms with van der Waals surface area (Å²) >= 11 is 5.84. The highest BCUT2D eigenvalue weighted by molar-refractivity contribution is 6.31. The number of aromatic hydroxyl groups is 1. The maximum atomic E-state index is 9.24. The molecular weight excluding hydrogens is 208 g/mol. The third kappa shape index (κ3) is 5.68. The van der Waals surface area contributed by atoms with Crippen LogP contribution >= 0.6 is 11.6 Å². The van der Waals surface area contributed by atoms with Crippen LogP contribution in [0.25, 0.3) is 0 Å². The predicted molar refractivity (Wildman–Crippen MR) is 69.9 cm³/mol. The summed E-state index contributed by atoms with van der Waals surface area (Å²) in [5.41, 5.74) is 1.97. The van der Waals surface area contributed by atoms with Crippen molar-refractivity contribution in [2.45, 2.75) is 48.0 Å². The van der Waals surface area contributed by atoms with Crippen LogP contribution in [-0.2, 0) is 6.42 Å². The quantitative estimate of drug-likeness (QED) is 0.722. The highest BCUT2D eigenvalue weighted by atomic mass is 35.5. The zero-order valence-electron chi connectivity index (χ0n) is 10.7. The molecule has 2 heteroatoms. The lowest BCUT2D eigenvalue weighted by Gasteiger charge is -2.04. The van der Waals surface area contributed by atoms with E-state index in [2.05, 4.69) is 0 Å². The first-order chi connectivity index (χ1) is 7.15. The summed E-state index contributed by atoms with van der Waals surface area (Å²) in [7, 11) is 0. The first-order valence-corrected chi connectivity index (χ1v) is 6.01. The van der Waals surface area contributed by atoms with E-state index in [1.54, 1.807) is 6.07 Å². The van der Waals surface area contributed by atoms with Gasteiger partial charge in [0.2, 0.25) is 0 Å². The van der Waals surface area contributed by atoms with Crippen molar-refractivity contribution >= 4 is 11.6 Å². The van der Waals surface area contributed by atoms with Crippen LogP contribution in [0.2, 0.25) is 5.02 Å². The van der Waals surface area contributed by atoms with E-state index in [1.807, 2.05) is 47.6 Å². The fraction of sp³-hybridized carbons (Fsp3) is 0.538. The molecule has 0 heterocycles. The Bertz CT molecular complexity index is 269. The molecule has 0 bridgehead atoms. The third-order valence-corrected chi connectivity index (χ3v) is 2.10. The fourth-order valence-electron chi connectivity index (χ4n) is 1.00. The molecule has 0 aliphatic carbocycles. The van der Waals surface area contributed by atoms with Crippen LogP contribution < -0.4 is 0 Å². The molecule has 0 fully saturated rings. The van der Waals surface area contributed by atoms with Gasteiger partial charge in [0.25, 0.3) is 0 Å². The fourth-order valence-corrected chi connectivity index (χ4v) is 1.29. The van der Waals surface area contributed by atoms with Crippen LogP contribution in [0.4, 0.5) is 0 Å². The molecule has 0 atom stereocenters. The maximum absolute atomic E-state index is 9.24. The number of phenols is 1. The molecule has 1 aromatic carbocycles. The second kappa shape index (κ2) is 9.85. The van der Waals surface area contributed by atoms with E-state index in [4.69, 9.17) is 11.6 Å². The van der Waals surface area contributed by atoms with E-state index in [0.717, 1.165) is 17.5 Å². The molecule has 1 nitrogen and oxygen atoms in total. The van der Waals surface area contributed by atoms with E-state index < -0.39 is 0 Å². The molecule has 0 radical (unpaired) electrons. The van der Waals surface area contributed by atoms with E-state index in [9.17, 15) is 5.11 Å². The lowest BCUT2D eigenvalue weighted by Crippen LogP contribution is -1.84. The van der Waals surface area contributed by atoms with Gasteiger partial charge in [-0.15, -0.1) is 0 Å². The summed E-state index contributed by atoms with van der Waals surface area (Å²) < 4.78 is 0. The van der Waals surface area contributed by atoms with Crippen molar-refractivity contribution in [3.05, 3.63) is 28.3 Å². The normalized spacial score (nSPS) is 8.20. The molecule has 0 amide bonds. The monoisotopic (exact) mass is 230 g/mol. The van der Waals surface area contributed by atoms with Gasteiger partial charge in [-0.1, -0.05) is 52.3 Å². The highest BCUT2D eigenvalue weighted by Crippen LogP contribution is 2.25. The number of hydrogen-bond acceptors (Lipinski definition) is 1. The summed E-state index contributed by atoms with van der Waals surface area (Å²) in [6, 6.07) is 3.51. The Morgan fingerprint density at radius 1 is 1.13 bits per heavy atom. The summed E-state index contributed by atoms with van der Waals surface area (Å²) in [6.45, 7) is 11.9. The Morgan fingerprint density at radius 2 is 1.60 bits per heavy atom. The number of halogens is 1. The van der Waals surface area contributed by atoms with Crippen LogP contribution in [-0.4, -0.2) is 5.11 Å². The third-order valence-electron chi connectivity index (χ3n) is 1.75. The van der Waals surface area contributed by atoms with Crippen molar-refractivity contribution in [3.63, 3.8) is 0 Å². The zero-order valence-corrected chi connectivity index (χ0v) is 11.4. The van der Waals surface area contributed by atoms with Crippen molar-refractivity contribution in [1.29, 1.82) is 0 Å². The van der Waals surface area contributed by atoms with Crippen LogP contribution in [0.1, 0.15) is 45.7 Å². The van der Waals surface area contributed by atoms with Crippen molar-refractivity contribution in [2.24, 2.45) is 0 Å².